The molecule has 2 aromatic heterocycles. The van der Waals surface area contributed by atoms with Crippen LogP contribution in [0, 0.1) is 11.7 Å². The molecule has 2 fully saturated rings. The third-order valence-electron chi connectivity index (χ3n) is 8.01. The Kier molecular flexibility index (Phi) is 8.95. The number of hydrogen-bond donors (Lipinski definition) is 2. The first kappa shape index (κ1) is 29.7. The molecule has 3 aromatic rings. The zero-order chi connectivity index (χ0) is 29.9. The van der Waals surface area contributed by atoms with Crippen molar-refractivity contribution in [3.05, 3.63) is 53.7 Å². The Morgan fingerprint density at radius 1 is 1.12 bits per heavy atom. The second-order valence-corrected chi connectivity index (χ2v) is 10.9. The number of nitrogens with zero attached hydrogens (tertiary/aromatic N) is 5. The van der Waals surface area contributed by atoms with Gasteiger partial charge in [0.15, 0.2) is 5.69 Å². The van der Waals surface area contributed by atoms with E-state index in [1.807, 2.05) is 0 Å². The fourth-order valence-corrected chi connectivity index (χ4v) is 5.60. The van der Waals surface area contributed by atoms with Gasteiger partial charge in [-0.1, -0.05) is 0 Å². The summed E-state index contributed by atoms with van der Waals surface area (Å²) >= 11 is 0. The van der Waals surface area contributed by atoms with E-state index in [2.05, 4.69) is 25.3 Å². The summed E-state index contributed by atoms with van der Waals surface area (Å²) in [6.07, 6.45) is 3.70. The van der Waals surface area contributed by atoms with Crippen LogP contribution in [0.15, 0.2) is 36.7 Å². The van der Waals surface area contributed by atoms with Crippen molar-refractivity contribution in [3.63, 3.8) is 0 Å². The molecule has 9 nitrogen and oxygen atoms in total. The summed E-state index contributed by atoms with van der Waals surface area (Å²) in [5, 5.41) is 16.1. The zero-order valence-electron chi connectivity index (χ0n) is 23.3. The number of carbonyl (C=O) groups is 1. The maximum atomic E-state index is 14.6. The number of anilines is 1. The molecule has 2 N–H and O–H groups in total. The molecule has 226 valence electrons. The summed E-state index contributed by atoms with van der Waals surface area (Å²) in [4.78, 5) is 23.2. The molecule has 1 saturated carbocycles. The molecule has 2 aliphatic rings. The van der Waals surface area contributed by atoms with Gasteiger partial charge < -0.3 is 20.1 Å². The first-order valence-corrected chi connectivity index (χ1v) is 14.2. The van der Waals surface area contributed by atoms with Crippen LogP contribution in [0.25, 0.3) is 11.3 Å². The van der Waals surface area contributed by atoms with Gasteiger partial charge in [-0.3, -0.25) is 9.48 Å². The molecule has 13 heteroatoms. The predicted octanol–water partition coefficient (Wildman–Crippen LogP) is 4.75. The van der Waals surface area contributed by atoms with Crippen LogP contribution in [-0.4, -0.2) is 62.6 Å². The van der Waals surface area contributed by atoms with Crippen molar-refractivity contribution >= 4 is 11.9 Å². The van der Waals surface area contributed by atoms with E-state index in [1.54, 1.807) is 6.07 Å². The van der Waals surface area contributed by atoms with Gasteiger partial charge >= 0.3 is 6.18 Å². The molecule has 1 amide bonds. The monoisotopic (exact) mass is 590 g/mol. The number of aromatic nitrogens is 4. The average Bonchev–Trinajstić information content (AvgIpc) is 3.56. The summed E-state index contributed by atoms with van der Waals surface area (Å²) in [6.45, 7) is 1.96. The third kappa shape index (κ3) is 7.00. The number of carbonyl (C=O) groups excluding carboxylic acids is 1. The molecule has 5 rings (SSSR count). The number of aliphatic hydroxyl groups is 1. The summed E-state index contributed by atoms with van der Waals surface area (Å²) in [5.74, 6) is 0.198. The second kappa shape index (κ2) is 12.6. The van der Waals surface area contributed by atoms with Crippen LogP contribution in [0.5, 0.6) is 5.75 Å². The molecule has 1 aliphatic heterocycles. The van der Waals surface area contributed by atoms with Crippen molar-refractivity contribution in [1.29, 1.82) is 0 Å². The van der Waals surface area contributed by atoms with Crippen molar-refractivity contribution in [2.75, 3.05) is 24.6 Å². The number of piperidine rings is 1. The molecule has 3 heterocycles. The average molecular weight is 591 g/mol. The van der Waals surface area contributed by atoms with E-state index in [0.717, 1.165) is 51.3 Å². The van der Waals surface area contributed by atoms with Gasteiger partial charge in [0, 0.05) is 44.2 Å². The van der Waals surface area contributed by atoms with Crippen LogP contribution in [0.1, 0.15) is 61.0 Å². The third-order valence-corrected chi connectivity index (χ3v) is 8.01. The number of ether oxygens (including phenoxy) is 1. The Labute approximate surface area is 240 Å². The molecule has 2 atom stereocenters. The lowest BCUT2D eigenvalue weighted by molar-refractivity contribution is -0.141. The minimum absolute atomic E-state index is 0.0700. The molecule has 1 aromatic carbocycles. The van der Waals surface area contributed by atoms with E-state index in [1.165, 1.54) is 36.3 Å². The quantitative estimate of drug-likeness (QED) is 0.274. The van der Waals surface area contributed by atoms with Crippen LogP contribution in [0.3, 0.4) is 0 Å². The van der Waals surface area contributed by atoms with Gasteiger partial charge in [-0.25, -0.2) is 14.4 Å². The minimum atomic E-state index is -4.52. The normalized spacial score (nSPS) is 19.7. The molecule has 42 heavy (non-hydrogen) atoms. The first-order chi connectivity index (χ1) is 20.1. The van der Waals surface area contributed by atoms with Crippen LogP contribution < -0.4 is 15.0 Å². The first-order valence-electron chi connectivity index (χ1n) is 14.2. The standard InChI is InChI=1S/C29H34F4N6O3/c1-38-24(15-26(37-38)29(31,32)33)19-16-34-28(35-17-19)39-11-9-18(10-12-39)4-3-13-42-20-7-8-21(22(30)14-20)27(41)36-23-5-2-6-25(23)40/h7-8,14-18,23,25,40H,2-6,9-13H2,1H3,(H,36,41)/t23-,25+/m0/s1. The van der Waals surface area contributed by atoms with Gasteiger partial charge in [-0.2, -0.15) is 18.3 Å². The van der Waals surface area contributed by atoms with Gasteiger partial charge in [-0.15, -0.1) is 0 Å². The summed E-state index contributed by atoms with van der Waals surface area (Å²) in [5.41, 5.74) is -0.276. The number of nitrogens with one attached hydrogen (secondary N) is 1. The van der Waals surface area contributed by atoms with E-state index >= 15 is 0 Å². The van der Waals surface area contributed by atoms with Gasteiger partial charge in [0.05, 0.1) is 30.0 Å². The number of aryl methyl sites for hydroxylation is 1. The minimum Gasteiger partial charge on any atom is -0.493 e. The number of halogens is 4. The number of hydrogen-bond acceptors (Lipinski definition) is 7. The van der Waals surface area contributed by atoms with E-state index < -0.39 is 29.7 Å². The molecule has 1 saturated heterocycles. The smallest absolute Gasteiger partial charge is 0.435 e. The summed E-state index contributed by atoms with van der Waals surface area (Å²) < 4.78 is 60.4. The number of alkyl halides is 3. The van der Waals surface area contributed by atoms with Crippen molar-refractivity contribution in [1.82, 2.24) is 25.1 Å². The topological polar surface area (TPSA) is 105 Å². The van der Waals surface area contributed by atoms with Crippen molar-refractivity contribution in [2.45, 2.75) is 63.3 Å². The van der Waals surface area contributed by atoms with Crippen LogP contribution in [0.4, 0.5) is 23.5 Å². The lowest BCUT2D eigenvalue weighted by Crippen LogP contribution is -2.40. The van der Waals surface area contributed by atoms with Crippen molar-refractivity contribution in [2.24, 2.45) is 13.0 Å². The number of benzene rings is 1. The number of amides is 1. The fraction of sp³-hybridized carbons (Fsp3) is 0.517. The van der Waals surface area contributed by atoms with Gasteiger partial charge in [0.1, 0.15) is 11.6 Å². The maximum absolute atomic E-state index is 14.6. The highest BCUT2D eigenvalue weighted by Crippen LogP contribution is 2.32. The van der Waals surface area contributed by atoms with E-state index in [4.69, 9.17) is 4.74 Å². The molecule has 0 radical (unpaired) electrons. The Morgan fingerprint density at radius 3 is 2.48 bits per heavy atom. The van der Waals surface area contributed by atoms with E-state index in [9.17, 15) is 27.5 Å². The maximum Gasteiger partial charge on any atom is 0.435 e. The van der Waals surface area contributed by atoms with Gasteiger partial charge in [0.2, 0.25) is 5.95 Å². The molecule has 1 aliphatic carbocycles. The number of aliphatic hydroxyl groups excluding tert-OH is 1. The van der Waals surface area contributed by atoms with Crippen LogP contribution in [0.2, 0.25) is 0 Å². The van der Waals surface area contributed by atoms with Gasteiger partial charge in [0.25, 0.3) is 5.91 Å². The van der Waals surface area contributed by atoms with Crippen molar-refractivity contribution < 1.29 is 32.2 Å². The highest BCUT2D eigenvalue weighted by molar-refractivity contribution is 5.94. The fourth-order valence-electron chi connectivity index (χ4n) is 5.60. The lowest BCUT2D eigenvalue weighted by atomic mass is 9.92. The summed E-state index contributed by atoms with van der Waals surface area (Å²) in [7, 11) is 1.45. The number of rotatable bonds is 9. The highest BCUT2D eigenvalue weighted by Gasteiger charge is 2.35. The Morgan fingerprint density at radius 2 is 1.86 bits per heavy atom. The second-order valence-electron chi connectivity index (χ2n) is 10.9. The largest absolute Gasteiger partial charge is 0.493 e. The zero-order valence-corrected chi connectivity index (χ0v) is 23.3. The Bertz CT molecular complexity index is 1370. The molecular weight excluding hydrogens is 556 g/mol. The van der Waals surface area contributed by atoms with Gasteiger partial charge in [-0.05, 0) is 69.1 Å². The van der Waals surface area contributed by atoms with Crippen molar-refractivity contribution in [3.8, 4) is 17.0 Å². The Hall–Kier alpha value is -3.74. The molecular formula is C29H34F4N6O3. The van der Waals surface area contributed by atoms with E-state index in [-0.39, 0.29) is 11.6 Å². The molecule has 0 unspecified atom stereocenters. The van der Waals surface area contributed by atoms with Crippen LogP contribution in [-0.2, 0) is 13.2 Å². The lowest BCUT2D eigenvalue weighted by Gasteiger charge is -2.32. The Balaban J connectivity index is 1.04. The molecule has 0 bridgehead atoms. The predicted molar refractivity (Wildman–Crippen MR) is 146 cm³/mol. The molecule has 0 spiro atoms. The highest BCUT2D eigenvalue weighted by atomic mass is 19.4. The summed E-state index contributed by atoms with van der Waals surface area (Å²) in [6, 6.07) is 4.84. The van der Waals surface area contributed by atoms with E-state index in [0.29, 0.717) is 48.3 Å². The van der Waals surface area contributed by atoms with Crippen LogP contribution >= 0.6 is 0 Å². The SMILES string of the molecule is Cn1nc(C(F)(F)F)cc1-c1cnc(N2CCC(CCCOc3ccc(C(=O)N[C@H]4CCC[C@H]4O)c(F)c3)CC2)nc1.